The fourth-order valence-corrected chi connectivity index (χ4v) is 6.01. The monoisotopic (exact) mass is 572 g/mol. The maximum Gasteiger partial charge on any atom is 0.260 e. The second kappa shape index (κ2) is 9.81. The van der Waals surface area contributed by atoms with Crippen LogP contribution in [0.4, 0.5) is 24.7 Å². The number of nitrogens with one attached hydrogen (secondary N) is 1. The third-order valence-corrected chi connectivity index (χ3v) is 8.39. The molecule has 0 radical (unpaired) electrons. The lowest BCUT2D eigenvalue weighted by Crippen LogP contribution is -2.58. The van der Waals surface area contributed by atoms with Crippen LogP contribution < -0.4 is 10.2 Å². The van der Waals surface area contributed by atoms with Gasteiger partial charge in [-0.25, -0.2) is 13.2 Å². The normalized spacial score (nSPS) is 21.2. The van der Waals surface area contributed by atoms with Crippen LogP contribution in [0.5, 0.6) is 0 Å². The van der Waals surface area contributed by atoms with Crippen molar-refractivity contribution in [2.75, 3.05) is 49.5 Å². The number of likely N-dealkylation sites (tertiary alicyclic amines) is 2. The van der Waals surface area contributed by atoms with Crippen molar-refractivity contribution in [2.45, 2.75) is 24.8 Å². The summed E-state index contributed by atoms with van der Waals surface area (Å²) in [5, 5.41) is 7.12. The lowest BCUT2D eigenvalue weighted by Gasteiger charge is -2.43. The van der Waals surface area contributed by atoms with Gasteiger partial charge in [0.05, 0.1) is 29.5 Å². The Kier molecular flexibility index (Phi) is 6.53. The summed E-state index contributed by atoms with van der Waals surface area (Å²) in [6.07, 6.45) is 2.16. The molecule has 3 aromatic rings. The molecule has 4 heterocycles. The predicted molar refractivity (Wildman–Crippen MR) is 144 cm³/mol. The highest BCUT2D eigenvalue weighted by atomic mass is 35.5. The van der Waals surface area contributed by atoms with Crippen molar-refractivity contribution >= 4 is 34.9 Å². The molecule has 1 aromatic heterocycles. The Morgan fingerprint density at radius 3 is 2.55 bits per heavy atom. The van der Waals surface area contributed by atoms with E-state index < -0.39 is 28.8 Å². The van der Waals surface area contributed by atoms with Gasteiger partial charge in [0, 0.05) is 61.9 Å². The zero-order chi connectivity index (χ0) is 28.3. The van der Waals surface area contributed by atoms with Crippen LogP contribution in [-0.4, -0.2) is 76.7 Å². The molecule has 0 bridgehead atoms. The summed E-state index contributed by atoms with van der Waals surface area (Å²) in [4.78, 5) is 30.8. The van der Waals surface area contributed by atoms with E-state index in [2.05, 4.69) is 10.4 Å². The summed E-state index contributed by atoms with van der Waals surface area (Å²) in [5.74, 6) is -2.93. The average Bonchev–Trinajstić information content (AvgIpc) is 3.19. The lowest BCUT2D eigenvalue weighted by molar-refractivity contribution is -0.136. The minimum Gasteiger partial charge on any atom is -0.377 e. The van der Waals surface area contributed by atoms with E-state index in [4.69, 9.17) is 11.6 Å². The molecule has 2 amide bonds. The van der Waals surface area contributed by atoms with Crippen LogP contribution in [0, 0.1) is 17.5 Å². The highest BCUT2D eigenvalue weighted by molar-refractivity contribution is 6.30. The van der Waals surface area contributed by atoms with E-state index in [1.807, 2.05) is 9.80 Å². The van der Waals surface area contributed by atoms with Crippen LogP contribution in [0.2, 0.25) is 5.02 Å². The lowest BCUT2D eigenvalue weighted by atomic mass is 9.70. The van der Waals surface area contributed by atoms with E-state index in [9.17, 15) is 14.0 Å². The first kappa shape index (κ1) is 26.6. The number of benzene rings is 2. The molecule has 1 N–H and O–H groups in total. The Hall–Kier alpha value is -3.57. The second-order valence-electron chi connectivity index (χ2n) is 10.9. The van der Waals surface area contributed by atoms with Crippen LogP contribution in [0.1, 0.15) is 34.8 Å². The second-order valence-corrected chi connectivity index (χ2v) is 11.3. The zero-order valence-corrected chi connectivity index (χ0v) is 22.8. The van der Waals surface area contributed by atoms with Crippen molar-refractivity contribution in [3.63, 3.8) is 0 Å². The molecule has 8 nitrogen and oxygen atoms in total. The van der Waals surface area contributed by atoms with E-state index in [0.717, 1.165) is 30.6 Å². The van der Waals surface area contributed by atoms with Gasteiger partial charge in [0.15, 0.2) is 17.5 Å². The van der Waals surface area contributed by atoms with Gasteiger partial charge < -0.3 is 10.2 Å². The Balaban J connectivity index is 1.34. The van der Waals surface area contributed by atoms with Gasteiger partial charge in [-0.15, -0.1) is 0 Å². The van der Waals surface area contributed by atoms with Crippen molar-refractivity contribution < 1.29 is 22.8 Å². The van der Waals surface area contributed by atoms with E-state index in [1.54, 1.807) is 13.0 Å². The van der Waals surface area contributed by atoms with E-state index in [0.29, 0.717) is 19.6 Å². The number of halogens is 4. The number of rotatable bonds is 6. The number of amides is 2. The van der Waals surface area contributed by atoms with Crippen LogP contribution in [-0.2, 0) is 17.3 Å². The molecule has 0 saturated carbocycles. The Morgan fingerprint density at radius 1 is 1.15 bits per heavy atom. The molecule has 210 valence electrons. The molecular weight excluding hydrogens is 545 g/mol. The molecule has 3 aliphatic rings. The Bertz CT molecular complexity index is 1520. The van der Waals surface area contributed by atoms with Crippen LogP contribution in [0.25, 0.3) is 0 Å². The SMILES string of the molecule is Cn1cc(F)c(N2C[C@@](C)(c3cccc(Cl)c3F)c3c(ccc(NC4CN(CC(=O)N5CCC5)C4)c3F)C2=O)n1. The number of aromatic nitrogens is 2. The van der Waals surface area contributed by atoms with Crippen LogP contribution in [0.3, 0.4) is 0 Å². The summed E-state index contributed by atoms with van der Waals surface area (Å²) >= 11 is 6.11. The van der Waals surface area contributed by atoms with E-state index in [1.165, 1.54) is 36.0 Å². The van der Waals surface area contributed by atoms with Gasteiger partial charge in [-0.05, 0) is 31.5 Å². The standard InChI is InChI=1S/C28H28ClF3N6O2/c1-28(18-5-3-6-19(29)24(18)31)15-38(26-20(30)13-35(2)34-26)27(40)17-7-8-21(25(32)23(17)28)33-16-11-36(12-16)14-22(39)37-9-4-10-37/h3,5-8,13,16,33H,4,9-12,14-15H2,1-2H3/t28-/m0/s1. The van der Waals surface area contributed by atoms with Crippen molar-refractivity contribution in [3.05, 3.63) is 75.7 Å². The number of aryl methyl sites for hydroxylation is 1. The van der Waals surface area contributed by atoms with Crippen molar-refractivity contribution in [1.29, 1.82) is 0 Å². The molecule has 6 rings (SSSR count). The molecule has 2 aromatic carbocycles. The van der Waals surface area contributed by atoms with Gasteiger partial charge in [0.25, 0.3) is 5.91 Å². The first-order chi connectivity index (χ1) is 19.1. The maximum absolute atomic E-state index is 16.4. The summed E-state index contributed by atoms with van der Waals surface area (Å²) in [6, 6.07) is 7.26. The molecule has 3 aliphatic heterocycles. The molecule has 1 atom stereocenters. The number of carbonyl (C=O) groups excluding carboxylic acids is 2. The van der Waals surface area contributed by atoms with Gasteiger partial charge in [0.2, 0.25) is 5.91 Å². The summed E-state index contributed by atoms with van der Waals surface area (Å²) in [5.41, 5.74) is -1.21. The largest absolute Gasteiger partial charge is 0.377 e. The first-order valence-electron chi connectivity index (χ1n) is 13.1. The maximum atomic E-state index is 16.4. The third-order valence-electron chi connectivity index (χ3n) is 8.10. The van der Waals surface area contributed by atoms with Gasteiger partial charge >= 0.3 is 0 Å². The molecule has 2 fully saturated rings. The quantitative estimate of drug-likeness (QED) is 0.487. The fraction of sp³-hybridized carbons (Fsp3) is 0.393. The molecular formula is C28H28ClF3N6O2. The predicted octanol–water partition coefficient (Wildman–Crippen LogP) is 3.79. The topological polar surface area (TPSA) is 73.7 Å². The Labute approximate surface area is 234 Å². The number of hydrogen-bond donors (Lipinski definition) is 1. The van der Waals surface area contributed by atoms with E-state index in [-0.39, 0.29) is 51.7 Å². The van der Waals surface area contributed by atoms with Crippen LogP contribution >= 0.6 is 11.6 Å². The molecule has 0 aliphatic carbocycles. The molecule has 2 saturated heterocycles. The summed E-state index contributed by atoms with van der Waals surface area (Å²) < 4.78 is 47.9. The zero-order valence-electron chi connectivity index (χ0n) is 22.1. The van der Waals surface area contributed by atoms with Gasteiger partial charge in [-0.1, -0.05) is 23.7 Å². The number of fused-ring (bicyclic) bond motifs is 1. The molecule has 0 unspecified atom stereocenters. The number of nitrogens with zero attached hydrogens (tertiary/aromatic N) is 5. The van der Waals surface area contributed by atoms with Gasteiger partial charge in [0.1, 0.15) is 5.82 Å². The molecule has 0 spiro atoms. The van der Waals surface area contributed by atoms with Crippen LogP contribution in [0.15, 0.2) is 36.5 Å². The van der Waals surface area contributed by atoms with Crippen molar-refractivity contribution in [1.82, 2.24) is 19.6 Å². The number of carbonyl (C=O) groups is 2. The van der Waals surface area contributed by atoms with Gasteiger partial charge in [-0.3, -0.25) is 24.1 Å². The van der Waals surface area contributed by atoms with Gasteiger partial charge in [-0.2, -0.15) is 5.10 Å². The van der Waals surface area contributed by atoms with E-state index >= 15 is 8.78 Å². The number of anilines is 2. The minimum absolute atomic E-state index is 0.000367. The number of hydrogen-bond acceptors (Lipinski definition) is 5. The highest BCUT2D eigenvalue weighted by Crippen LogP contribution is 2.45. The summed E-state index contributed by atoms with van der Waals surface area (Å²) in [6.45, 7) is 4.38. The summed E-state index contributed by atoms with van der Waals surface area (Å²) in [7, 11) is 1.52. The minimum atomic E-state index is -1.43. The smallest absolute Gasteiger partial charge is 0.260 e. The van der Waals surface area contributed by atoms with Crippen molar-refractivity contribution in [2.24, 2.45) is 7.05 Å². The van der Waals surface area contributed by atoms with Crippen molar-refractivity contribution in [3.8, 4) is 0 Å². The molecule has 12 heteroatoms. The molecule has 40 heavy (non-hydrogen) atoms. The first-order valence-corrected chi connectivity index (χ1v) is 13.5. The highest BCUT2D eigenvalue weighted by Gasteiger charge is 2.47. The Morgan fingerprint density at radius 2 is 1.90 bits per heavy atom. The average molecular weight is 573 g/mol. The third kappa shape index (κ3) is 4.32. The fourth-order valence-electron chi connectivity index (χ4n) is 5.84.